The fourth-order valence-corrected chi connectivity index (χ4v) is 3.74. The third-order valence-electron chi connectivity index (χ3n) is 4.76. The van der Waals surface area contributed by atoms with E-state index < -0.39 is 0 Å². The predicted molar refractivity (Wildman–Crippen MR) is 64.0 cm³/mol. The summed E-state index contributed by atoms with van der Waals surface area (Å²) >= 11 is 0. The van der Waals surface area contributed by atoms with Crippen LogP contribution in [0.5, 0.6) is 0 Å². The van der Waals surface area contributed by atoms with E-state index in [-0.39, 0.29) is 0 Å². The van der Waals surface area contributed by atoms with Gasteiger partial charge in [-0.25, -0.2) is 0 Å². The van der Waals surface area contributed by atoms with Crippen molar-refractivity contribution >= 4 is 0 Å². The Hall–Kier alpha value is -0.940. The maximum atomic E-state index is 5.49. The highest BCUT2D eigenvalue weighted by Crippen LogP contribution is 2.44. The number of fused-ring (bicyclic) bond motifs is 1. The minimum absolute atomic E-state index is 0.293. The number of nitrogens with zero attached hydrogens (tertiary/aromatic N) is 2. The molecule has 3 heterocycles. The van der Waals surface area contributed by atoms with Crippen LogP contribution < -0.4 is 5.32 Å². The molecule has 0 radical (unpaired) electrons. The molecule has 1 aliphatic carbocycles. The molecule has 2 aliphatic heterocycles. The van der Waals surface area contributed by atoms with Crippen molar-refractivity contribution in [3.05, 3.63) is 11.7 Å². The Morgan fingerprint density at radius 3 is 3.11 bits per heavy atom. The molecule has 1 saturated carbocycles. The zero-order valence-electron chi connectivity index (χ0n) is 10.5. The second-order valence-corrected chi connectivity index (χ2v) is 5.79. The van der Waals surface area contributed by atoms with Crippen molar-refractivity contribution in [2.75, 3.05) is 19.8 Å². The van der Waals surface area contributed by atoms with Gasteiger partial charge in [0.2, 0.25) is 5.89 Å². The van der Waals surface area contributed by atoms with Crippen LogP contribution in [0.2, 0.25) is 0 Å². The molecule has 98 valence electrons. The van der Waals surface area contributed by atoms with E-state index in [1.165, 1.54) is 19.3 Å². The van der Waals surface area contributed by atoms with Crippen molar-refractivity contribution in [3.8, 4) is 0 Å². The Morgan fingerprint density at radius 2 is 2.22 bits per heavy atom. The monoisotopic (exact) mass is 249 g/mol. The molecule has 0 amide bonds. The van der Waals surface area contributed by atoms with Gasteiger partial charge in [0, 0.05) is 12.5 Å². The lowest BCUT2D eigenvalue weighted by Crippen LogP contribution is -2.18. The molecule has 0 aromatic carbocycles. The van der Waals surface area contributed by atoms with Crippen molar-refractivity contribution in [1.82, 2.24) is 15.5 Å². The van der Waals surface area contributed by atoms with Crippen molar-refractivity contribution in [2.45, 2.75) is 37.6 Å². The molecule has 3 fully saturated rings. The Labute approximate surface area is 106 Å². The zero-order chi connectivity index (χ0) is 11.9. The highest BCUT2D eigenvalue weighted by Gasteiger charge is 2.42. The fraction of sp³-hybridized carbons (Fsp3) is 0.846. The van der Waals surface area contributed by atoms with Gasteiger partial charge in [-0.15, -0.1) is 0 Å². The molecule has 2 saturated heterocycles. The minimum atomic E-state index is 0.293. The molecule has 0 bridgehead atoms. The number of nitrogens with one attached hydrogen (secondary N) is 1. The minimum Gasteiger partial charge on any atom is -0.381 e. The summed E-state index contributed by atoms with van der Waals surface area (Å²) in [6.07, 6.45) is 5.02. The third kappa shape index (κ3) is 1.68. The molecular weight excluding hydrogens is 230 g/mol. The lowest BCUT2D eigenvalue weighted by Gasteiger charge is -2.13. The second kappa shape index (κ2) is 4.31. The highest BCUT2D eigenvalue weighted by molar-refractivity contribution is 5.06. The van der Waals surface area contributed by atoms with Gasteiger partial charge >= 0.3 is 0 Å². The van der Waals surface area contributed by atoms with Crippen molar-refractivity contribution in [1.29, 1.82) is 0 Å². The fourth-order valence-electron chi connectivity index (χ4n) is 3.74. The number of ether oxygens (including phenoxy) is 1. The molecule has 0 spiro atoms. The van der Waals surface area contributed by atoms with Crippen LogP contribution >= 0.6 is 0 Å². The first-order chi connectivity index (χ1) is 8.92. The van der Waals surface area contributed by atoms with Crippen LogP contribution in [0.25, 0.3) is 0 Å². The lowest BCUT2D eigenvalue weighted by molar-refractivity contribution is 0.192. The summed E-state index contributed by atoms with van der Waals surface area (Å²) in [6, 6.07) is 0.293. The van der Waals surface area contributed by atoms with Gasteiger partial charge in [0.1, 0.15) is 0 Å². The molecular formula is C13H19N3O2. The van der Waals surface area contributed by atoms with Gasteiger partial charge in [-0.2, -0.15) is 4.98 Å². The van der Waals surface area contributed by atoms with E-state index in [0.29, 0.717) is 17.9 Å². The second-order valence-electron chi connectivity index (χ2n) is 5.79. The average molecular weight is 249 g/mol. The number of aromatic nitrogens is 2. The molecule has 1 aromatic rings. The summed E-state index contributed by atoms with van der Waals surface area (Å²) < 4.78 is 10.9. The molecule has 5 heteroatoms. The molecule has 4 rings (SSSR count). The molecule has 1 N–H and O–H groups in total. The van der Waals surface area contributed by atoms with Crippen LogP contribution in [0.4, 0.5) is 0 Å². The predicted octanol–water partition coefficient (Wildman–Crippen LogP) is 1.63. The van der Waals surface area contributed by atoms with E-state index in [2.05, 4.69) is 15.5 Å². The Balaban J connectivity index is 1.54. The Bertz CT molecular complexity index is 428. The average Bonchev–Trinajstić information content (AvgIpc) is 3.13. The Morgan fingerprint density at radius 1 is 1.22 bits per heavy atom. The van der Waals surface area contributed by atoms with E-state index >= 15 is 0 Å². The van der Waals surface area contributed by atoms with E-state index in [9.17, 15) is 0 Å². The molecule has 4 atom stereocenters. The van der Waals surface area contributed by atoms with Gasteiger partial charge in [-0.1, -0.05) is 11.6 Å². The number of rotatable bonds is 2. The molecule has 4 unspecified atom stereocenters. The molecule has 5 nitrogen and oxygen atoms in total. The Kier molecular flexibility index (Phi) is 2.62. The lowest BCUT2D eigenvalue weighted by atomic mass is 9.94. The summed E-state index contributed by atoms with van der Waals surface area (Å²) in [5.74, 6) is 3.50. The summed E-state index contributed by atoms with van der Waals surface area (Å²) in [5, 5.41) is 7.70. The first-order valence-electron chi connectivity index (χ1n) is 7.06. The van der Waals surface area contributed by atoms with Crippen LogP contribution in [-0.4, -0.2) is 29.9 Å². The van der Waals surface area contributed by atoms with Crippen LogP contribution in [0.3, 0.4) is 0 Å². The van der Waals surface area contributed by atoms with E-state index in [0.717, 1.165) is 43.8 Å². The van der Waals surface area contributed by atoms with Crippen LogP contribution in [-0.2, 0) is 4.74 Å². The standard InChI is InChI=1S/C13H19N3O2/c1-2-8-6-14-11(10(8)3-1)13-15-12(16-18-13)9-4-5-17-7-9/h8-11,14H,1-7H2. The van der Waals surface area contributed by atoms with Crippen molar-refractivity contribution in [3.63, 3.8) is 0 Å². The van der Waals surface area contributed by atoms with Gasteiger partial charge in [-0.05, 0) is 37.6 Å². The topological polar surface area (TPSA) is 60.2 Å². The highest BCUT2D eigenvalue weighted by atomic mass is 16.5. The van der Waals surface area contributed by atoms with E-state index in [1.807, 2.05) is 0 Å². The quantitative estimate of drug-likeness (QED) is 0.863. The smallest absolute Gasteiger partial charge is 0.244 e. The molecule has 1 aromatic heterocycles. The zero-order valence-corrected chi connectivity index (χ0v) is 10.5. The van der Waals surface area contributed by atoms with Gasteiger partial charge in [0.15, 0.2) is 5.82 Å². The summed E-state index contributed by atoms with van der Waals surface area (Å²) in [4.78, 5) is 4.61. The maximum absolute atomic E-state index is 5.49. The van der Waals surface area contributed by atoms with Gasteiger partial charge in [0.05, 0.1) is 12.6 Å². The first kappa shape index (κ1) is 10.9. The van der Waals surface area contributed by atoms with E-state index in [4.69, 9.17) is 9.26 Å². The number of hydrogen-bond donors (Lipinski definition) is 1. The SMILES string of the molecule is C1CC2CNC(c3nc(C4CCOC4)no3)C2C1. The van der Waals surface area contributed by atoms with Crippen LogP contribution in [0, 0.1) is 11.8 Å². The first-order valence-corrected chi connectivity index (χ1v) is 7.06. The van der Waals surface area contributed by atoms with Crippen molar-refractivity contribution in [2.24, 2.45) is 11.8 Å². The maximum Gasteiger partial charge on any atom is 0.244 e. The van der Waals surface area contributed by atoms with Gasteiger partial charge in [0.25, 0.3) is 0 Å². The third-order valence-corrected chi connectivity index (χ3v) is 4.76. The van der Waals surface area contributed by atoms with Gasteiger partial charge < -0.3 is 14.6 Å². The van der Waals surface area contributed by atoms with Gasteiger partial charge in [-0.3, -0.25) is 0 Å². The van der Waals surface area contributed by atoms with Crippen molar-refractivity contribution < 1.29 is 9.26 Å². The van der Waals surface area contributed by atoms with Crippen LogP contribution in [0.15, 0.2) is 4.52 Å². The summed E-state index contributed by atoms with van der Waals surface area (Å²) in [6.45, 7) is 2.67. The van der Waals surface area contributed by atoms with E-state index in [1.54, 1.807) is 0 Å². The largest absolute Gasteiger partial charge is 0.381 e. The van der Waals surface area contributed by atoms with Crippen LogP contribution in [0.1, 0.15) is 49.4 Å². The summed E-state index contributed by atoms with van der Waals surface area (Å²) in [5.41, 5.74) is 0. The molecule has 18 heavy (non-hydrogen) atoms. The summed E-state index contributed by atoms with van der Waals surface area (Å²) in [7, 11) is 0. The number of hydrogen-bond acceptors (Lipinski definition) is 5. The molecule has 3 aliphatic rings. The normalized spacial score (nSPS) is 39.3.